The van der Waals surface area contributed by atoms with E-state index < -0.39 is 0 Å². The molecule has 1 aromatic rings. The lowest BCUT2D eigenvalue weighted by Crippen LogP contribution is -2.39. The van der Waals surface area contributed by atoms with Gasteiger partial charge in [0.05, 0.1) is 7.11 Å². The van der Waals surface area contributed by atoms with Crippen LogP contribution in [0.1, 0.15) is 33.3 Å². The Hall–Kier alpha value is -1.02. The van der Waals surface area contributed by atoms with Gasteiger partial charge < -0.3 is 10.1 Å². The van der Waals surface area contributed by atoms with Crippen LogP contribution in [-0.4, -0.2) is 19.2 Å². The Morgan fingerprint density at radius 2 is 2.00 bits per heavy atom. The van der Waals surface area contributed by atoms with Crippen LogP contribution in [-0.2, 0) is 6.42 Å². The molecule has 0 aliphatic heterocycles. The van der Waals surface area contributed by atoms with E-state index in [4.69, 9.17) is 4.74 Å². The molecule has 0 aromatic heterocycles. The quantitative estimate of drug-likeness (QED) is 0.846. The number of hydrogen-bond acceptors (Lipinski definition) is 2. The van der Waals surface area contributed by atoms with Crippen molar-refractivity contribution < 1.29 is 4.74 Å². The Morgan fingerprint density at radius 1 is 1.29 bits per heavy atom. The van der Waals surface area contributed by atoms with Crippen molar-refractivity contribution in [2.45, 2.75) is 39.7 Å². The van der Waals surface area contributed by atoms with Gasteiger partial charge in [-0.1, -0.05) is 19.1 Å². The Kier molecular flexibility index (Phi) is 5.01. The fourth-order valence-electron chi connectivity index (χ4n) is 1.75. The third kappa shape index (κ3) is 5.73. The van der Waals surface area contributed by atoms with E-state index in [-0.39, 0.29) is 5.54 Å². The number of rotatable bonds is 5. The third-order valence-corrected chi connectivity index (χ3v) is 2.70. The molecule has 1 unspecified atom stereocenters. The van der Waals surface area contributed by atoms with E-state index in [1.807, 2.05) is 6.07 Å². The van der Waals surface area contributed by atoms with Crippen LogP contribution in [0.15, 0.2) is 24.3 Å². The van der Waals surface area contributed by atoms with Crippen molar-refractivity contribution in [3.05, 3.63) is 29.8 Å². The Balaban J connectivity index is 2.47. The lowest BCUT2D eigenvalue weighted by atomic mass is 9.99. The van der Waals surface area contributed by atoms with Crippen molar-refractivity contribution in [2.75, 3.05) is 13.7 Å². The minimum Gasteiger partial charge on any atom is -0.497 e. The smallest absolute Gasteiger partial charge is 0.119 e. The largest absolute Gasteiger partial charge is 0.497 e. The number of benzene rings is 1. The average Bonchev–Trinajstić information content (AvgIpc) is 2.26. The Morgan fingerprint density at radius 3 is 2.59 bits per heavy atom. The third-order valence-electron chi connectivity index (χ3n) is 2.70. The molecule has 0 fully saturated rings. The molecule has 0 bridgehead atoms. The SMILES string of the molecule is COc1cccc(CC(C)CNC(C)(C)C)c1. The summed E-state index contributed by atoms with van der Waals surface area (Å²) in [6.45, 7) is 9.92. The number of hydrogen-bond donors (Lipinski definition) is 1. The number of methoxy groups -OCH3 is 1. The second-order valence-electron chi connectivity index (χ2n) is 5.79. The molecule has 17 heavy (non-hydrogen) atoms. The minimum atomic E-state index is 0.197. The highest BCUT2D eigenvalue weighted by Crippen LogP contribution is 2.16. The van der Waals surface area contributed by atoms with Crippen molar-refractivity contribution >= 4 is 0 Å². The van der Waals surface area contributed by atoms with Gasteiger partial charge in [0.2, 0.25) is 0 Å². The second kappa shape index (κ2) is 6.06. The van der Waals surface area contributed by atoms with Crippen molar-refractivity contribution in [3.63, 3.8) is 0 Å². The molecule has 0 amide bonds. The summed E-state index contributed by atoms with van der Waals surface area (Å²) in [5.41, 5.74) is 1.54. The maximum absolute atomic E-state index is 5.24. The monoisotopic (exact) mass is 235 g/mol. The van der Waals surface area contributed by atoms with Gasteiger partial charge >= 0.3 is 0 Å². The van der Waals surface area contributed by atoms with Crippen LogP contribution in [0.25, 0.3) is 0 Å². The minimum absolute atomic E-state index is 0.197. The van der Waals surface area contributed by atoms with Gasteiger partial charge in [-0.25, -0.2) is 0 Å². The molecular formula is C15H25NO. The fraction of sp³-hybridized carbons (Fsp3) is 0.600. The van der Waals surface area contributed by atoms with Crippen LogP contribution in [0.5, 0.6) is 5.75 Å². The Labute approximate surface area is 105 Å². The van der Waals surface area contributed by atoms with Gasteiger partial charge in [-0.3, -0.25) is 0 Å². The number of ether oxygens (including phenoxy) is 1. The molecule has 0 aliphatic rings. The summed E-state index contributed by atoms with van der Waals surface area (Å²) >= 11 is 0. The first-order chi connectivity index (χ1) is 7.90. The van der Waals surface area contributed by atoms with E-state index in [0.29, 0.717) is 5.92 Å². The van der Waals surface area contributed by atoms with Crippen molar-refractivity contribution in [1.82, 2.24) is 5.32 Å². The predicted octanol–water partition coefficient (Wildman–Crippen LogP) is 3.26. The first-order valence-corrected chi connectivity index (χ1v) is 6.28. The van der Waals surface area contributed by atoms with Crippen LogP contribution in [0.3, 0.4) is 0 Å². The zero-order valence-electron chi connectivity index (χ0n) is 11.7. The average molecular weight is 235 g/mol. The van der Waals surface area contributed by atoms with E-state index >= 15 is 0 Å². The summed E-state index contributed by atoms with van der Waals surface area (Å²) in [5, 5.41) is 3.54. The van der Waals surface area contributed by atoms with Crippen LogP contribution in [0.4, 0.5) is 0 Å². The second-order valence-corrected chi connectivity index (χ2v) is 5.79. The molecule has 1 atom stereocenters. The van der Waals surface area contributed by atoms with Gasteiger partial charge in [0.25, 0.3) is 0 Å². The highest BCUT2D eigenvalue weighted by atomic mass is 16.5. The van der Waals surface area contributed by atoms with Crippen LogP contribution in [0, 0.1) is 5.92 Å². The normalized spacial score (nSPS) is 13.5. The summed E-state index contributed by atoms with van der Waals surface area (Å²) < 4.78 is 5.24. The van der Waals surface area contributed by atoms with Crippen LogP contribution < -0.4 is 10.1 Å². The molecule has 0 saturated heterocycles. The van der Waals surface area contributed by atoms with E-state index in [2.05, 4.69) is 51.2 Å². The molecule has 2 nitrogen and oxygen atoms in total. The van der Waals surface area contributed by atoms with Gasteiger partial charge in [-0.2, -0.15) is 0 Å². The maximum Gasteiger partial charge on any atom is 0.119 e. The topological polar surface area (TPSA) is 21.3 Å². The maximum atomic E-state index is 5.24. The summed E-state index contributed by atoms with van der Waals surface area (Å²) in [5.74, 6) is 1.57. The summed E-state index contributed by atoms with van der Waals surface area (Å²) in [6, 6.07) is 8.32. The molecule has 1 N–H and O–H groups in total. The molecule has 1 rings (SSSR count). The molecule has 0 aliphatic carbocycles. The van der Waals surface area contributed by atoms with E-state index in [0.717, 1.165) is 18.7 Å². The number of nitrogens with one attached hydrogen (secondary N) is 1. The molecule has 0 radical (unpaired) electrons. The Bertz CT molecular complexity index is 341. The summed E-state index contributed by atoms with van der Waals surface area (Å²) in [7, 11) is 1.71. The van der Waals surface area contributed by atoms with Gasteiger partial charge in [0.1, 0.15) is 5.75 Å². The van der Waals surface area contributed by atoms with Crippen molar-refractivity contribution in [1.29, 1.82) is 0 Å². The molecule has 0 saturated carbocycles. The zero-order chi connectivity index (χ0) is 12.9. The molecule has 2 heteroatoms. The molecular weight excluding hydrogens is 210 g/mol. The first kappa shape index (κ1) is 14.0. The highest BCUT2D eigenvalue weighted by molar-refractivity contribution is 5.28. The van der Waals surface area contributed by atoms with Crippen LogP contribution >= 0.6 is 0 Å². The van der Waals surface area contributed by atoms with Crippen molar-refractivity contribution in [2.24, 2.45) is 5.92 Å². The van der Waals surface area contributed by atoms with Gasteiger partial charge in [0, 0.05) is 5.54 Å². The van der Waals surface area contributed by atoms with Gasteiger partial charge in [0.15, 0.2) is 0 Å². The lowest BCUT2D eigenvalue weighted by Gasteiger charge is -2.23. The molecule has 0 heterocycles. The standard InChI is InChI=1S/C15H25NO/c1-12(11-16-15(2,3)4)9-13-7-6-8-14(10-13)17-5/h6-8,10,12,16H,9,11H2,1-5H3. The molecule has 0 spiro atoms. The van der Waals surface area contributed by atoms with E-state index in [9.17, 15) is 0 Å². The predicted molar refractivity (Wildman–Crippen MR) is 73.6 cm³/mol. The highest BCUT2D eigenvalue weighted by Gasteiger charge is 2.11. The van der Waals surface area contributed by atoms with E-state index in [1.165, 1.54) is 5.56 Å². The lowest BCUT2D eigenvalue weighted by molar-refractivity contribution is 0.380. The summed E-state index contributed by atoms with van der Waals surface area (Å²) in [6.07, 6.45) is 1.08. The molecule has 96 valence electrons. The van der Waals surface area contributed by atoms with Gasteiger partial charge in [-0.15, -0.1) is 0 Å². The van der Waals surface area contributed by atoms with E-state index in [1.54, 1.807) is 7.11 Å². The molecule has 1 aromatic carbocycles. The zero-order valence-corrected chi connectivity index (χ0v) is 11.7. The van der Waals surface area contributed by atoms with Crippen molar-refractivity contribution in [3.8, 4) is 5.75 Å². The fourth-order valence-corrected chi connectivity index (χ4v) is 1.75. The van der Waals surface area contributed by atoms with Crippen LogP contribution in [0.2, 0.25) is 0 Å². The first-order valence-electron chi connectivity index (χ1n) is 6.28. The summed E-state index contributed by atoms with van der Waals surface area (Å²) in [4.78, 5) is 0. The van der Waals surface area contributed by atoms with Gasteiger partial charge in [-0.05, 0) is 57.4 Å².